The molecule has 0 aromatic carbocycles. The molecule has 0 saturated heterocycles. The molecule has 0 aromatic heterocycles. The Kier molecular flexibility index (Phi) is 18.2. The third kappa shape index (κ3) is 17.8. The van der Waals surface area contributed by atoms with E-state index in [1.54, 1.807) is 0 Å². The SMILES string of the molecule is CCCCCCCCCCCCNC(=O)CNC(=O)[C@H](CC(=O)O)NC(=O)[C@@H](N)CCC(=O)O. The Morgan fingerprint density at radius 1 is 0.765 bits per heavy atom. The lowest BCUT2D eigenvalue weighted by molar-refractivity contribution is -0.140. The first-order valence-electron chi connectivity index (χ1n) is 12.2. The fourth-order valence-corrected chi connectivity index (χ4v) is 3.27. The molecular weight excluding hydrogens is 444 g/mol. The Morgan fingerprint density at radius 3 is 1.85 bits per heavy atom. The Balaban J connectivity index is 4.13. The van der Waals surface area contributed by atoms with Gasteiger partial charge < -0.3 is 31.9 Å². The number of carbonyl (C=O) groups excluding carboxylic acids is 3. The largest absolute Gasteiger partial charge is 0.481 e. The van der Waals surface area contributed by atoms with Crippen LogP contribution in [0, 0.1) is 0 Å². The van der Waals surface area contributed by atoms with Gasteiger partial charge in [-0.05, 0) is 12.8 Å². The Hall–Kier alpha value is -2.69. The normalized spacial score (nSPS) is 12.4. The fraction of sp³-hybridized carbons (Fsp3) is 0.783. The van der Waals surface area contributed by atoms with Crippen molar-refractivity contribution in [2.24, 2.45) is 5.73 Å². The van der Waals surface area contributed by atoms with E-state index in [1.807, 2.05) is 0 Å². The van der Waals surface area contributed by atoms with Crippen molar-refractivity contribution < 1.29 is 34.2 Å². The van der Waals surface area contributed by atoms with E-state index in [2.05, 4.69) is 22.9 Å². The summed E-state index contributed by atoms with van der Waals surface area (Å²) in [6.45, 7) is 2.33. The van der Waals surface area contributed by atoms with Gasteiger partial charge >= 0.3 is 11.9 Å². The predicted octanol–water partition coefficient (Wildman–Crippen LogP) is 1.29. The van der Waals surface area contributed by atoms with Crippen LogP contribution >= 0.6 is 0 Å². The molecule has 34 heavy (non-hydrogen) atoms. The van der Waals surface area contributed by atoms with Gasteiger partial charge in [0.25, 0.3) is 0 Å². The van der Waals surface area contributed by atoms with Crippen LogP contribution in [0.2, 0.25) is 0 Å². The lowest BCUT2D eigenvalue weighted by Gasteiger charge is -2.19. The number of hydrogen-bond donors (Lipinski definition) is 6. The highest BCUT2D eigenvalue weighted by molar-refractivity contribution is 5.93. The third-order valence-electron chi connectivity index (χ3n) is 5.29. The highest BCUT2D eigenvalue weighted by atomic mass is 16.4. The minimum Gasteiger partial charge on any atom is -0.481 e. The van der Waals surface area contributed by atoms with Gasteiger partial charge in [-0.2, -0.15) is 0 Å². The van der Waals surface area contributed by atoms with Crippen LogP contribution < -0.4 is 21.7 Å². The standard InChI is InChI=1S/C23H42N4O7/c1-2-3-4-5-6-7-8-9-10-11-14-25-19(28)16-26-23(34)18(15-21(31)32)27-22(33)17(24)12-13-20(29)30/h17-18H,2-16,24H2,1H3,(H,25,28)(H,26,34)(H,27,33)(H,29,30)(H,31,32)/t17-,18-/m0/s1. The number of rotatable bonds is 21. The monoisotopic (exact) mass is 486 g/mol. The van der Waals surface area contributed by atoms with E-state index in [1.165, 1.54) is 44.9 Å². The number of unbranched alkanes of at least 4 members (excludes halogenated alkanes) is 9. The molecule has 2 atom stereocenters. The maximum atomic E-state index is 12.3. The highest BCUT2D eigenvalue weighted by Crippen LogP contribution is 2.10. The van der Waals surface area contributed by atoms with Crippen LogP contribution in [-0.4, -0.2) is 65.0 Å². The summed E-state index contributed by atoms with van der Waals surface area (Å²) in [5, 5.41) is 24.8. The van der Waals surface area contributed by atoms with Gasteiger partial charge in [-0.15, -0.1) is 0 Å². The molecule has 196 valence electrons. The van der Waals surface area contributed by atoms with E-state index in [4.69, 9.17) is 15.9 Å². The van der Waals surface area contributed by atoms with E-state index in [-0.39, 0.29) is 19.4 Å². The molecule has 0 rings (SSSR count). The van der Waals surface area contributed by atoms with E-state index in [0.717, 1.165) is 19.3 Å². The van der Waals surface area contributed by atoms with Crippen LogP contribution in [0.25, 0.3) is 0 Å². The first kappa shape index (κ1) is 31.3. The second-order valence-electron chi connectivity index (χ2n) is 8.45. The summed E-state index contributed by atoms with van der Waals surface area (Å²) in [7, 11) is 0. The Morgan fingerprint density at radius 2 is 1.32 bits per heavy atom. The number of amides is 3. The summed E-state index contributed by atoms with van der Waals surface area (Å²) >= 11 is 0. The first-order chi connectivity index (χ1) is 16.2. The quantitative estimate of drug-likeness (QED) is 0.131. The minimum absolute atomic E-state index is 0.163. The van der Waals surface area contributed by atoms with Gasteiger partial charge in [-0.3, -0.25) is 24.0 Å². The molecular formula is C23H42N4O7. The van der Waals surface area contributed by atoms with Gasteiger partial charge in [0.1, 0.15) is 6.04 Å². The molecule has 11 nitrogen and oxygen atoms in total. The van der Waals surface area contributed by atoms with Crippen molar-refractivity contribution >= 4 is 29.7 Å². The predicted molar refractivity (Wildman–Crippen MR) is 127 cm³/mol. The molecule has 7 N–H and O–H groups in total. The molecule has 0 saturated carbocycles. The number of carboxylic acids is 2. The average Bonchev–Trinajstić information content (AvgIpc) is 2.78. The number of hydrogen-bond acceptors (Lipinski definition) is 6. The maximum Gasteiger partial charge on any atom is 0.305 e. The number of nitrogens with two attached hydrogens (primary N) is 1. The summed E-state index contributed by atoms with van der Waals surface area (Å²) in [4.78, 5) is 57.8. The second kappa shape index (κ2) is 19.7. The van der Waals surface area contributed by atoms with Crippen molar-refractivity contribution in [1.82, 2.24) is 16.0 Å². The molecule has 0 spiro atoms. The molecule has 0 radical (unpaired) electrons. The van der Waals surface area contributed by atoms with E-state index >= 15 is 0 Å². The van der Waals surface area contributed by atoms with E-state index in [0.29, 0.717) is 6.54 Å². The summed E-state index contributed by atoms with van der Waals surface area (Å²) in [6.07, 6.45) is 10.6. The topological polar surface area (TPSA) is 188 Å². The average molecular weight is 487 g/mol. The van der Waals surface area contributed by atoms with E-state index in [9.17, 15) is 24.0 Å². The van der Waals surface area contributed by atoms with Gasteiger partial charge in [0.2, 0.25) is 17.7 Å². The van der Waals surface area contributed by atoms with Gasteiger partial charge in [0, 0.05) is 13.0 Å². The van der Waals surface area contributed by atoms with Crippen molar-refractivity contribution in [2.45, 2.75) is 102 Å². The summed E-state index contributed by atoms with van der Waals surface area (Å²) in [6, 6.07) is -2.64. The van der Waals surface area contributed by atoms with Gasteiger partial charge in [0.05, 0.1) is 19.0 Å². The number of carboxylic acid groups (broad SMARTS) is 2. The number of nitrogens with one attached hydrogen (secondary N) is 3. The van der Waals surface area contributed by atoms with Crippen molar-refractivity contribution in [3.8, 4) is 0 Å². The van der Waals surface area contributed by atoms with Crippen LogP contribution in [-0.2, 0) is 24.0 Å². The Labute approximate surface area is 201 Å². The number of carbonyl (C=O) groups is 5. The third-order valence-corrected chi connectivity index (χ3v) is 5.29. The van der Waals surface area contributed by atoms with Crippen LogP contribution in [0.3, 0.4) is 0 Å². The Bertz CT molecular complexity index is 643. The molecule has 0 aliphatic heterocycles. The molecule has 0 bridgehead atoms. The summed E-state index contributed by atoms with van der Waals surface area (Å²) < 4.78 is 0. The molecule has 3 amide bonds. The van der Waals surface area contributed by atoms with Crippen molar-refractivity contribution in [3.63, 3.8) is 0 Å². The molecule has 0 heterocycles. The van der Waals surface area contributed by atoms with Crippen molar-refractivity contribution in [1.29, 1.82) is 0 Å². The van der Waals surface area contributed by atoms with Crippen LogP contribution in [0.15, 0.2) is 0 Å². The van der Waals surface area contributed by atoms with Crippen LogP contribution in [0.5, 0.6) is 0 Å². The lowest BCUT2D eigenvalue weighted by Crippen LogP contribution is -2.53. The van der Waals surface area contributed by atoms with Crippen LogP contribution in [0.4, 0.5) is 0 Å². The summed E-state index contributed by atoms with van der Waals surface area (Å²) in [5.74, 6) is -4.55. The second-order valence-corrected chi connectivity index (χ2v) is 8.45. The smallest absolute Gasteiger partial charge is 0.305 e. The number of aliphatic carboxylic acids is 2. The molecule has 0 unspecified atom stereocenters. The van der Waals surface area contributed by atoms with Crippen molar-refractivity contribution in [2.75, 3.05) is 13.1 Å². The van der Waals surface area contributed by atoms with E-state index < -0.39 is 48.2 Å². The fourth-order valence-electron chi connectivity index (χ4n) is 3.27. The first-order valence-corrected chi connectivity index (χ1v) is 12.2. The molecule has 0 fully saturated rings. The molecule has 0 aliphatic carbocycles. The molecule has 0 aromatic rings. The zero-order valence-electron chi connectivity index (χ0n) is 20.3. The van der Waals surface area contributed by atoms with Crippen LogP contribution in [0.1, 0.15) is 90.4 Å². The lowest BCUT2D eigenvalue weighted by atomic mass is 10.1. The maximum absolute atomic E-state index is 12.3. The highest BCUT2D eigenvalue weighted by Gasteiger charge is 2.26. The zero-order chi connectivity index (χ0) is 25.8. The van der Waals surface area contributed by atoms with Gasteiger partial charge in [0.15, 0.2) is 0 Å². The van der Waals surface area contributed by atoms with Gasteiger partial charge in [-0.1, -0.05) is 64.7 Å². The van der Waals surface area contributed by atoms with Crippen molar-refractivity contribution in [3.05, 3.63) is 0 Å². The van der Waals surface area contributed by atoms with Gasteiger partial charge in [-0.25, -0.2) is 0 Å². The molecule has 11 heteroatoms. The minimum atomic E-state index is -1.43. The summed E-state index contributed by atoms with van der Waals surface area (Å²) in [5.41, 5.74) is 5.58. The molecule has 0 aliphatic rings. The zero-order valence-corrected chi connectivity index (χ0v) is 20.3.